The first-order chi connectivity index (χ1) is 12.2. The van der Waals surface area contributed by atoms with Crippen LogP contribution >= 0.6 is 0 Å². The lowest BCUT2D eigenvalue weighted by molar-refractivity contribution is -0.123. The number of fused-ring (bicyclic) bond motifs is 1. The number of rotatable bonds is 5. The molecule has 2 aliphatic carbocycles. The van der Waals surface area contributed by atoms with E-state index in [0.717, 1.165) is 19.0 Å². The summed E-state index contributed by atoms with van der Waals surface area (Å²) < 4.78 is 6.56. The highest BCUT2D eigenvalue weighted by Crippen LogP contribution is 2.68. The summed E-state index contributed by atoms with van der Waals surface area (Å²) in [6, 6.07) is 0. The average Bonchev–Trinajstić information content (AvgIpc) is 2.97. The van der Waals surface area contributed by atoms with Gasteiger partial charge in [0.25, 0.3) is 0 Å². The van der Waals surface area contributed by atoms with Crippen molar-refractivity contribution in [1.29, 1.82) is 0 Å². The Hall–Kier alpha value is -0.610. The lowest BCUT2D eigenvalue weighted by atomic mass is 9.73. The minimum absolute atomic E-state index is 0.113. The van der Waals surface area contributed by atoms with Gasteiger partial charge in [-0.25, -0.2) is 0 Å². The van der Waals surface area contributed by atoms with Gasteiger partial charge in [-0.1, -0.05) is 34.1 Å². The highest BCUT2D eigenvalue weighted by Gasteiger charge is 2.68. The lowest BCUT2D eigenvalue weighted by Crippen LogP contribution is -2.42. The molecule has 5 aliphatic rings. The zero-order valence-corrected chi connectivity index (χ0v) is 17.0. The smallest absolute Gasteiger partial charge is 0.224 e. The van der Waals surface area contributed by atoms with Gasteiger partial charge in [0.15, 0.2) is 0 Å². The van der Waals surface area contributed by atoms with Crippen molar-refractivity contribution < 1.29 is 9.53 Å². The number of hydrogen-bond donors (Lipinski definition) is 1. The number of carbonyl (C=O) groups excluding carboxylic acids is 1. The molecule has 2 bridgehead atoms. The molecule has 0 aromatic rings. The minimum Gasteiger partial charge on any atom is -0.370 e. The molecule has 3 saturated heterocycles. The molecule has 4 atom stereocenters. The van der Waals surface area contributed by atoms with Crippen molar-refractivity contribution in [3.63, 3.8) is 0 Å². The normalized spacial score (nSPS) is 43.3. The fraction of sp³-hybridized carbons (Fsp3) is 0.955. The van der Waals surface area contributed by atoms with Crippen LogP contribution < -0.4 is 5.32 Å². The molecule has 5 fully saturated rings. The molecular weight excluding hydrogens is 324 g/mol. The maximum absolute atomic E-state index is 12.8. The third-order valence-corrected chi connectivity index (χ3v) is 9.39. The molecule has 0 radical (unpaired) electrons. The van der Waals surface area contributed by atoms with E-state index in [-0.39, 0.29) is 28.3 Å². The number of carbonyl (C=O) groups is 1. The number of amides is 1. The zero-order valence-electron chi connectivity index (χ0n) is 17.0. The second kappa shape index (κ2) is 5.47. The van der Waals surface area contributed by atoms with Gasteiger partial charge in [-0.2, -0.15) is 0 Å². The summed E-state index contributed by atoms with van der Waals surface area (Å²) in [7, 11) is 0. The molecule has 5 rings (SSSR count). The molecule has 4 heteroatoms. The molecule has 4 nitrogen and oxygen atoms in total. The van der Waals surface area contributed by atoms with Crippen molar-refractivity contribution in [1.82, 2.24) is 10.2 Å². The highest BCUT2D eigenvalue weighted by molar-refractivity contribution is 5.84. The van der Waals surface area contributed by atoms with Gasteiger partial charge in [-0.05, 0) is 42.4 Å². The summed E-state index contributed by atoms with van der Waals surface area (Å²) >= 11 is 0. The number of ether oxygens (including phenoxy) is 1. The van der Waals surface area contributed by atoms with E-state index in [4.69, 9.17) is 4.74 Å². The van der Waals surface area contributed by atoms with Crippen molar-refractivity contribution >= 4 is 5.91 Å². The first-order valence-corrected chi connectivity index (χ1v) is 10.9. The van der Waals surface area contributed by atoms with Crippen LogP contribution in [0.15, 0.2) is 0 Å². The number of hydrogen-bond acceptors (Lipinski definition) is 3. The van der Waals surface area contributed by atoms with Gasteiger partial charge in [-0.3, -0.25) is 9.69 Å². The average molecular weight is 361 g/mol. The van der Waals surface area contributed by atoms with Crippen molar-refractivity contribution in [3.8, 4) is 0 Å². The maximum atomic E-state index is 12.8. The molecule has 1 spiro atoms. The van der Waals surface area contributed by atoms with E-state index in [2.05, 4.69) is 37.9 Å². The van der Waals surface area contributed by atoms with Crippen LogP contribution in [0.3, 0.4) is 0 Å². The standard InChI is InChI=1S/C22H36N2O2/c1-20(2)18(21(20,3)4)19(25)23-10-15-16-12-24(11-14-6-5-7-14)13-22(16)9-8-17(15)26-22/h14-18H,5-13H2,1-4H3,(H,23,25)/t15-,16+,17+,22+/m0/s1. The fourth-order valence-electron chi connectivity index (χ4n) is 6.91. The number of nitrogens with one attached hydrogen (secondary N) is 1. The largest absolute Gasteiger partial charge is 0.370 e. The second-order valence-electron chi connectivity index (χ2n) is 11.1. The Balaban J connectivity index is 1.21. The third-order valence-electron chi connectivity index (χ3n) is 9.39. The number of likely N-dealkylation sites (tertiary alicyclic amines) is 1. The summed E-state index contributed by atoms with van der Waals surface area (Å²) in [5.41, 5.74) is 0.356. The molecule has 1 N–H and O–H groups in total. The molecule has 146 valence electrons. The topological polar surface area (TPSA) is 41.6 Å². The van der Waals surface area contributed by atoms with Crippen molar-refractivity contribution in [2.45, 2.75) is 71.5 Å². The molecule has 3 aliphatic heterocycles. The fourth-order valence-corrected chi connectivity index (χ4v) is 6.91. The van der Waals surface area contributed by atoms with Gasteiger partial charge in [0.1, 0.15) is 0 Å². The highest BCUT2D eigenvalue weighted by atomic mass is 16.5. The van der Waals surface area contributed by atoms with Gasteiger partial charge in [0.2, 0.25) is 5.91 Å². The Labute approximate surface area is 158 Å². The van der Waals surface area contributed by atoms with E-state index in [1.165, 1.54) is 45.2 Å². The monoisotopic (exact) mass is 360 g/mol. The van der Waals surface area contributed by atoms with Crippen LogP contribution in [0, 0.1) is 34.5 Å². The molecule has 0 aromatic heterocycles. The van der Waals surface area contributed by atoms with Gasteiger partial charge in [-0.15, -0.1) is 0 Å². The van der Waals surface area contributed by atoms with Crippen molar-refractivity contribution in [2.24, 2.45) is 34.5 Å². The quantitative estimate of drug-likeness (QED) is 0.819. The predicted octanol–water partition coefficient (Wildman–Crippen LogP) is 3.06. The van der Waals surface area contributed by atoms with E-state index in [9.17, 15) is 4.79 Å². The molecule has 1 amide bonds. The second-order valence-corrected chi connectivity index (χ2v) is 11.1. The van der Waals surface area contributed by atoms with Crippen LogP contribution in [0.25, 0.3) is 0 Å². The third kappa shape index (κ3) is 2.30. The van der Waals surface area contributed by atoms with E-state index in [1.807, 2.05) is 0 Å². The van der Waals surface area contributed by atoms with Crippen LogP contribution in [0.1, 0.15) is 59.8 Å². The van der Waals surface area contributed by atoms with Crippen molar-refractivity contribution in [3.05, 3.63) is 0 Å². The Morgan fingerprint density at radius 3 is 2.50 bits per heavy atom. The number of nitrogens with zero attached hydrogens (tertiary/aromatic N) is 1. The molecule has 0 aromatic carbocycles. The van der Waals surface area contributed by atoms with Crippen LogP contribution in [0.2, 0.25) is 0 Å². The SMILES string of the molecule is CC1(C)C(C(=O)NC[C@H]2[C@H]3CN(CC4CCC4)C[C@]34CC[C@H]2O4)C1(C)C. The summed E-state index contributed by atoms with van der Waals surface area (Å²) in [6.07, 6.45) is 7.07. The van der Waals surface area contributed by atoms with Crippen LogP contribution in [-0.2, 0) is 9.53 Å². The van der Waals surface area contributed by atoms with Gasteiger partial charge >= 0.3 is 0 Å². The first-order valence-electron chi connectivity index (χ1n) is 10.9. The van der Waals surface area contributed by atoms with Gasteiger partial charge in [0.05, 0.1) is 11.7 Å². The van der Waals surface area contributed by atoms with Crippen LogP contribution in [0.4, 0.5) is 0 Å². The Morgan fingerprint density at radius 1 is 1.15 bits per heavy atom. The van der Waals surface area contributed by atoms with E-state index in [1.54, 1.807) is 0 Å². The molecule has 26 heavy (non-hydrogen) atoms. The Kier molecular flexibility index (Phi) is 3.68. The van der Waals surface area contributed by atoms with Crippen LogP contribution in [-0.4, -0.2) is 48.7 Å². The molecule has 2 saturated carbocycles. The lowest BCUT2D eigenvalue weighted by Gasteiger charge is -2.31. The first kappa shape index (κ1) is 17.5. The predicted molar refractivity (Wildman–Crippen MR) is 102 cm³/mol. The van der Waals surface area contributed by atoms with E-state index >= 15 is 0 Å². The summed E-state index contributed by atoms with van der Waals surface area (Å²) in [6.45, 7) is 13.3. The van der Waals surface area contributed by atoms with E-state index in [0.29, 0.717) is 17.9 Å². The zero-order chi connectivity index (χ0) is 18.3. The van der Waals surface area contributed by atoms with Gasteiger partial charge < -0.3 is 10.1 Å². The summed E-state index contributed by atoms with van der Waals surface area (Å²) in [5, 5.41) is 3.33. The summed E-state index contributed by atoms with van der Waals surface area (Å²) in [5.74, 6) is 2.49. The molecule has 3 heterocycles. The van der Waals surface area contributed by atoms with Gasteiger partial charge in [0, 0.05) is 43.9 Å². The Bertz CT molecular complexity index is 597. The molecule has 0 unspecified atom stereocenters. The maximum Gasteiger partial charge on any atom is 0.224 e. The van der Waals surface area contributed by atoms with Crippen LogP contribution in [0.5, 0.6) is 0 Å². The summed E-state index contributed by atoms with van der Waals surface area (Å²) in [4.78, 5) is 15.5. The van der Waals surface area contributed by atoms with Crippen molar-refractivity contribution in [2.75, 3.05) is 26.2 Å². The van der Waals surface area contributed by atoms with E-state index < -0.39 is 0 Å². The minimum atomic E-state index is 0.113. The molecular formula is C22H36N2O2. The Morgan fingerprint density at radius 2 is 1.88 bits per heavy atom.